The van der Waals surface area contributed by atoms with Crippen molar-refractivity contribution < 1.29 is 26.0 Å². The van der Waals surface area contributed by atoms with Crippen molar-refractivity contribution in [1.29, 1.82) is 0 Å². The lowest BCUT2D eigenvalue weighted by Crippen LogP contribution is -2.50. The van der Waals surface area contributed by atoms with Gasteiger partial charge in [0.2, 0.25) is 26.0 Å². The van der Waals surface area contributed by atoms with Crippen LogP contribution in [0.5, 0.6) is 0 Å². The topological polar surface area (TPSA) is 118 Å². The predicted octanol–water partition coefficient (Wildman–Crippen LogP) is 1.26. The first-order chi connectivity index (χ1) is 13.5. The number of carbonyl (C=O) groups is 1. The van der Waals surface area contributed by atoms with Crippen molar-refractivity contribution in [3.63, 3.8) is 0 Å². The van der Waals surface area contributed by atoms with Gasteiger partial charge in [0.15, 0.2) is 0 Å². The van der Waals surface area contributed by atoms with E-state index >= 15 is 0 Å². The number of hydrogen-bond acceptors (Lipinski definition) is 6. The number of carbonyl (C=O) groups excluding carboxylic acids is 1. The number of halogens is 2. The van der Waals surface area contributed by atoms with Gasteiger partial charge in [-0.25, -0.2) is 26.4 Å². The summed E-state index contributed by atoms with van der Waals surface area (Å²) in [5.41, 5.74) is 0. The van der Waals surface area contributed by atoms with Crippen molar-refractivity contribution in [3.8, 4) is 0 Å². The molecular formula is C16H17ClFN3O5S3. The summed E-state index contributed by atoms with van der Waals surface area (Å²) in [6.45, 7) is 0.521. The zero-order valence-electron chi connectivity index (χ0n) is 14.9. The summed E-state index contributed by atoms with van der Waals surface area (Å²) in [6, 6.07) is 6.08. The van der Waals surface area contributed by atoms with Crippen molar-refractivity contribution in [2.75, 3.05) is 26.2 Å². The van der Waals surface area contributed by atoms with E-state index in [1.54, 1.807) is 0 Å². The molecule has 1 saturated heterocycles. The molecule has 1 aliphatic rings. The van der Waals surface area contributed by atoms with Gasteiger partial charge in [-0.05, 0) is 30.3 Å². The van der Waals surface area contributed by atoms with Crippen molar-refractivity contribution in [2.24, 2.45) is 5.14 Å². The van der Waals surface area contributed by atoms with E-state index in [0.717, 1.165) is 29.5 Å². The van der Waals surface area contributed by atoms with E-state index in [-0.39, 0.29) is 52.6 Å². The Bertz CT molecular complexity index is 1140. The fourth-order valence-electron chi connectivity index (χ4n) is 2.83. The monoisotopic (exact) mass is 481 g/mol. The van der Waals surface area contributed by atoms with Crippen molar-refractivity contribution in [3.05, 3.63) is 46.0 Å². The molecule has 2 aromatic rings. The van der Waals surface area contributed by atoms with Crippen molar-refractivity contribution >= 4 is 48.9 Å². The molecule has 1 fully saturated rings. The molecule has 8 nitrogen and oxygen atoms in total. The van der Waals surface area contributed by atoms with E-state index in [1.807, 2.05) is 0 Å². The normalized spacial score (nSPS) is 16.2. The minimum atomic E-state index is -3.86. The molecule has 1 aromatic carbocycles. The van der Waals surface area contributed by atoms with Crippen molar-refractivity contribution in [1.82, 2.24) is 9.21 Å². The summed E-state index contributed by atoms with van der Waals surface area (Å²) in [5, 5.41) is 4.78. The molecule has 0 saturated carbocycles. The first-order valence-electron chi connectivity index (χ1n) is 8.33. The van der Waals surface area contributed by atoms with Crippen LogP contribution in [0, 0.1) is 5.82 Å². The number of hydrogen-bond donors (Lipinski definition) is 1. The number of amides is 1. The van der Waals surface area contributed by atoms with Gasteiger partial charge in [0.1, 0.15) is 10.0 Å². The SMILES string of the molecule is NS(=O)(=O)c1ccc(CC(=O)N2CCN(S(=O)(=O)c3ccc(F)c(Cl)c3)CC2)s1. The van der Waals surface area contributed by atoms with Gasteiger partial charge in [0.05, 0.1) is 16.3 Å². The summed E-state index contributed by atoms with van der Waals surface area (Å²) in [6.07, 6.45) is 0.000503. The van der Waals surface area contributed by atoms with Crippen LogP contribution in [0.4, 0.5) is 4.39 Å². The zero-order valence-corrected chi connectivity index (χ0v) is 18.1. The Hall–Kier alpha value is -1.57. The molecule has 2 N–H and O–H groups in total. The van der Waals surface area contributed by atoms with E-state index in [9.17, 15) is 26.0 Å². The maximum atomic E-state index is 13.3. The lowest BCUT2D eigenvalue weighted by Gasteiger charge is -2.34. The lowest BCUT2D eigenvalue weighted by atomic mass is 10.3. The van der Waals surface area contributed by atoms with Crippen LogP contribution < -0.4 is 5.14 Å². The van der Waals surface area contributed by atoms with Crippen LogP contribution in [0.3, 0.4) is 0 Å². The van der Waals surface area contributed by atoms with Crippen LogP contribution in [-0.4, -0.2) is 58.1 Å². The van der Waals surface area contributed by atoms with Crippen LogP contribution in [0.25, 0.3) is 0 Å². The molecule has 0 aliphatic carbocycles. The summed E-state index contributed by atoms with van der Waals surface area (Å²) < 4.78 is 62.5. The number of nitrogens with zero attached hydrogens (tertiary/aromatic N) is 2. The van der Waals surface area contributed by atoms with E-state index in [1.165, 1.54) is 21.3 Å². The zero-order chi connectivity index (χ0) is 21.4. The molecule has 0 atom stereocenters. The first kappa shape index (κ1) is 22.1. The first-order valence-corrected chi connectivity index (χ1v) is 12.5. The Kier molecular flexibility index (Phi) is 6.32. The lowest BCUT2D eigenvalue weighted by molar-refractivity contribution is -0.131. The third kappa shape index (κ3) is 4.95. The number of sulfonamides is 2. The van der Waals surface area contributed by atoms with Crippen LogP contribution in [-0.2, 0) is 31.3 Å². The highest BCUT2D eigenvalue weighted by Crippen LogP contribution is 2.24. The fourth-order valence-corrected chi connectivity index (χ4v) is 6.30. The molecular weight excluding hydrogens is 465 g/mol. The molecule has 29 heavy (non-hydrogen) atoms. The second-order valence-electron chi connectivity index (χ2n) is 6.30. The Morgan fingerprint density at radius 2 is 1.76 bits per heavy atom. The Morgan fingerprint density at radius 3 is 2.31 bits per heavy atom. The molecule has 0 radical (unpaired) electrons. The minimum absolute atomic E-state index is 0.000503. The Balaban J connectivity index is 1.63. The summed E-state index contributed by atoms with van der Waals surface area (Å²) in [4.78, 5) is 14.4. The van der Waals surface area contributed by atoms with E-state index in [4.69, 9.17) is 16.7 Å². The molecule has 1 aromatic heterocycles. The highest BCUT2D eigenvalue weighted by molar-refractivity contribution is 7.91. The average Bonchev–Trinajstić information content (AvgIpc) is 3.13. The summed E-state index contributed by atoms with van der Waals surface area (Å²) in [5.74, 6) is -0.949. The van der Waals surface area contributed by atoms with Gasteiger partial charge in [-0.1, -0.05) is 11.6 Å². The number of benzene rings is 1. The molecule has 2 heterocycles. The van der Waals surface area contributed by atoms with Crippen molar-refractivity contribution in [2.45, 2.75) is 15.5 Å². The molecule has 0 spiro atoms. The van der Waals surface area contributed by atoms with Gasteiger partial charge in [0.25, 0.3) is 0 Å². The van der Waals surface area contributed by atoms with Gasteiger partial charge < -0.3 is 4.90 Å². The van der Waals surface area contributed by atoms with Crippen LogP contribution in [0.1, 0.15) is 4.88 Å². The molecule has 3 rings (SSSR count). The second-order valence-corrected chi connectivity index (χ2v) is 11.6. The maximum absolute atomic E-state index is 13.3. The van der Waals surface area contributed by atoms with E-state index in [0.29, 0.717) is 4.88 Å². The molecule has 1 aliphatic heterocycles. The van der Waals surface area contributed by atoms with Gasteiger partial charge in [-0.2, -0.15) is 4.31 Å². The average molecular weight is 482 g/mol. The molecule has 13 heteroatoms. The number of rotatable bonds is 5. The number of piperazine rings is 1. The van der Waals surface area contributed by atoms with Crippen LogP contribution >= 0.6 is 22.9 Å². The Morgan fingerprint density at radius 1 is 1.10 bits per heavy atom. The third-order valence-corrected chi connectivity index (χ3v) is 9.07. The smallest absolute Gasteiger partial charge is 0.247 e. The molecule has 1 amide bonds. The molecule has 158 valence electrons. The van der Waals surface area contributed by atoms with Gasteiger partial charge >= 0.3 is 0 Å². The Labute approximate surface area is 176 Å². The fraction of sp³-hybridized carbons (Fsp3) is 0.312. The van der Waals surface area contributed by atoms with Crippen LogP contribution in [0.15, 0.2) is 39.4 Å². The van der Waals surface area contributed by atoms with Gasteiger partial charge in [-0.3, -0.25) is 4.79 Å². The number of primary sulfonamides is 1. The largest absolute Gasteiger partial charge is 0.340 e. The molecule has 0 bridgehead atoms. The van der Waals surface area contributed by atoms with E-state index in [2.05, 4.69) is 0 Å². The predicted molar refractivity (Wildman–Crippen MR) is 106 cm³/mol. The number of nitrogens with two attached hydrogens (primary N) is 1. The van der Waals surface area contributed by atoms with E-state index < -0.39 is 25.9 Å². The highest BCUT2D eigenvalue weighted by Gasteiger charge is 2.30. The highest BCUT2D eigenvalue weighted by atomic mass is 35.5. The standard InChI is InChI=1S/C16H17ClFN3O5S3/c17-13-10-12(2-3-14(13)18)29(25,26)21-7-5-20(6-8-21)15(22)9-11-1-4-16(27-11)28(19,23)24/h1-4,10H,5-9H2,(H2,19,23,24). The van der Waals surface area contributed by atoms with Gasteiger partial charge in [0, 0.05) is 31.1 Å². The minimum Gasteiger partial charge on any atom is -0.340 e. The summed E-state index contributed by atoms with van der Waals surface area (Å²) in [7, 11) is -7.67. The second kappa shape index (κ2) is 8.28. The quantitative estimate of drug-likeness (QED) is 0.689. The molecule has 0 unspecified atom stereocenters. The third-order valence-electron chi connectivity index (χ3n) is 4.36. The summed E-state index contributed by atoms with van der Waals surface area (Å²) >= 11 is 6.60. The van der Waals surface area contributed by atoms with Gasteiger partial charge in [-0.15, -0.1) is 11.3 Å². The number of thiophene rings is 1. The van der Waals surface area contributed by atoms with Crippen LogP contribution in [0.2, 0.25) is 5.02 Å². The maximum Gasteiger partial charge on any atom is 0.247 e.